The Hall–Kier alpha value is -4.02. The van der Waals surface area contributed by atoms with Crippen LogP contribution in [0.5, 0.6) is 0 Å². The minimum atomic E-state index is -0.679. The third-order valence-corrected chi connectivity index (χ3v) is 6.90. The standard InChI is InChI=1S/C29H32FN5O4/c1-19(13-26(36)35-10-2-3-21(18-35)14-20-4-6-24(30)7-5-20)33-29(37)34-25-16-22(27-31-8-11-38-27)15-23(17-25)28-32-9-12-39-28/h4-9,11-12,15-17,19,21,26,36H,2-3,10,13-14,18H2,1H3,(H2,33,34,37)/t19-,21+,26-/m1/s1. The fraction of sp³-hybridized carbons (Fsp3) is 0.345. The SMILES string of the molecule is C[C@H](C[C@@H](O)N1CCC[C@@H](Cc2ccc(F)cc2)C1)NC(=O)Nc1cc(-c2ncco2)cc(-c2ncco2)c1. The number of aliphatic hydroxyl groups is 1. The van der Waals surface area contributed by atoms with E-state index in [9.17, 15) is 14.3 Å². The average molecular weight is 534 g/mol. The highest BCUT2D eigenvalue weighted by Gasteiger charge is 2.26. The molecule has 2 aromatic heterocycles. The number of piperidine rings is 1. The molecule has 1 saturated heterocycles. The van der Waals surface area contributed by atoms with E-state index in [1.165, 1.54) is 24.7 Å². The van der Waals surface area contributed by atoms with Crippen LogP contribution >= 0.6 is 0 Å². The van der Waals surface area contributed by atoms with Gasteiger partial charge >= 0.3 is 6.03 Å². The van der Waals surface area contributed by atoms with Gasteiger partial charge in [0.2, 0.25) is 11.8 Å². The van der Waals surface area contributed by atoms with E-state index in [0.717, 1.165) is 37.9 Å². The van der Waals surface area contributed by atoms with Crippen molar-refractivity contribution in [2.24, 2.45) is 5.92 Å². The number of hydrogen-bond acceptors (Lipinski definition) is 7. The zero-order chi connectivity index (χ0) is 27.2. The first-order valence-electron chi connectivity index (χ1n) is 13.1. The van der Waals surface area contributed by atoms with E-state index in [2.05, 4.69) is 25.5 Å². The number of aliphatic hydroxyl groups excluding tert-OH is 1. The maximum atomic E-state index is 13.2. The molecule has 1 aliphatic heterocycles. The van der Waals surface area contributed by atoms with Crippen molar-refractivity contribution in [2.45, 2.75) is 44.9 Å². The lowest BCUT2D eigenvalue weighted by Gasteiger charge is -2.37. The number of likely N-dealkylation sites (tertiary alicyclic amines) is 1. The molecule has 0 bridgehead atoms. The number of halogens is 1. The van der Waals surface area contributed by atoms with Gasteiger partial charge in [-0.2, -0.15) is 0 Å². The molecule has 5 rings (SSSR count). The van der Waals surface area contributed by atoms with Crippen LogP contribution < -0.4 is 10.6 Å². The van der Waals surface area contributed by atoms with Crippen LogP contribution in [0.3, 0.4) is 0 Å². The number of urea groups is 1. The molecule has 0 radical (unpaired) electrons. The highest BCUT2D eigenvalue weighted by atomic mass is 19.1. The van der Waals surface area contributed by atoms with Crippen molar-refractivity contribution < 1.29 is 23.1 Å². The zero-order valence-corrected chi connectivity index (χ0v) is 21.7. The van der Waals surface area contributed by atoms with Gasteiger partial charge in [-0.05, 0) is 68.0 Å². The zero-order valence-electron chi connectivity index (χ0n) is 21.7. The number of carbonyl (C=O) groups excluding carboxylic acids is 1. The van der Waals surface area contributed by atoms with Gasteiger partial charge in [-0.1, -0.05) is 12.1 Å². The van der Waals surface area contributed by atoms with E-state index < -0.39 is 12.3 Å². The molecule has 3 heterocycles. The normalized spacial score (nSPS) is 17.5. The number of nitrogens with one attached hydrogen (secondary N) is 2. The summed E-state index contributed by atoms with van der Waals surface area (Å²) in [4.78, 5) is 23.3. The first-order chi connectivity index (χ1) is 18.9. The Balaban J connectivity index is 1.16. The number of hydrogen-bond donors (Lipinski definition) is 3. The number of rotatable bonds is 9. The fourth-order valence-corrected chi connectivity index (χ4v) is 5.08. The van der Waals surface area contributed by atoms with Crippen molar-refractivity contribution in [2.75, 3.05) is 18.4 Å². The lowest BCUT2D eigenvalue weighted by Crippen LogP contribution is -2.47. The molecule has 3 N–H and O–H groups in total. The van der Waals surface area contributed by atoms with Crippen molar-refractivity contribution in [3.63, 3.8) is 0 Å². The third kappa shape index (κ3) is 7.10. The summed E-state index contributed by atoms with van der Waals surface area (Å²) in [5.41, 5.74) is 2.94. The predicted octanol–water partition coefficient (Wildman–Crippen LogP) is 5.31. The van der Waals surface area contributed by atoms with Crippen LogP contribution in [0.15, 0.2) is 76.2 Å². The number of carbonyl (C=O) groups is 1. The second kappa shape index (κ2) is 12.2. The second-order valence-electron chi connectivity index (χ2n) is 10.0. The molecule has 2 aromatic carbocycles. The highest BCUT2D eigenvalue weighted by molar-refractivity contribution is 5.91. The summed E-state index contributed by atoms with van der Waals surface area (Å²) in [6, 6.07) is 11.3. The van der Waals surface area contributed by atoms with E-state index in [0.29, 0.717) is 40.9 Å². The Labute approximate surface area is 226 Å². The molecule has 0 saturated carbocycles. The van der Waals surface area contributed by atoms with E-state index >= 15 is 0 Å². The fourth-order valence-electron chi connectivity index (χ4n) is 5.08. The molecule has 2 amide bonds. The summed E-state index contributed by atoms with van der Waals surface area (Å²) in [7, 11) is 0. The lowest BCUT2D eigenvalue weighted by molar-refractivity contribution is -0.0306. The molecule has 0 aliphatic carbocycles. The monoisotopic (exact) mass is 533 g/mol. The summed E-state index contributed by atoms with van der Waals surface area (Å²) in [5.74, 6) is 0.964. The van der Waals surface area contributed by atoms with Crippen LogP contribution in [0, 0.1) is 11.7 Å². The van der Waals surface area contributed by atoms with Gasteiger partial charge in [-0.3, -0.25) is 4.90 Å². The first kappa shape index (κ1) is 26.6. The largest absolute Gasteiger partial charge is 0.445 e. The molecule has 3 atom stereocenters. The smallest absolute Gasteiger partial charge is 0.319 e. The minimum Gasteiger partial charge on any atom is -0.445 e. The quantitative estimate of drug-likeness (QED) is 0.267. The molecule has 9 nitrogen and oxygen atoms in total. The van der Waals surface area contributed by atoms with Crippen LogP contribution in [-0.4, -0.2) is 51.4 Å². The average Bonchev–Trinajstić information content (AvgIpc) is 3.65. The molecular weight excluding hydrogens is 501 g/mol. The van der Waals surface area contributed by atoms with Gasteiger partial charge in [0.25, 0.3) is 0 Å². The molecule has 1 fully saturated rings. The van der Waals surface area contributed by atoms with Crippen LogP contribution in [0.2, 0.25) is 0 Å². The van der Waals surface area contributed by atoms with Crippen LogP contribution in [-0.2, 0) is 6.42 Å². The van der Waals surface area contributed by atoms with Crippen LogP contribution in [0.25, 0.3) is 22.9 Å². The number of nitrogens with zero attached hydrogens (tertiary/aromatic N) is 3. The Bertz CT molecular complexity index is 1290. The van der Waals surface area contributed by atoms with Crippen molar-refractivity contribution >= 4 is 11.7 Å². The maximum absolute atomic E-state index is 13.2. The molecule has 1 aliphatic rings. The van der Waals surface area contributed by atoms with Gasteiger partial charge in [-0.15, -0.1) is 0 Å². The summed E-state index contributed by atoms with van der Waals surface area (Å²) in [6.45, 7) is 3.43. The summed E-state index contributed by atoms with van der Waals surface area (Å²) in [5, 5.41) is 16.7. The Kier molecular flexibility index (Phi) is 8.33. The van der Waals surface area contributed by atoms with Gasteiger partial charge in [0.15, 0.2) is 0 Å². The van der Waals surface area contributed by atoms with E-state index in [4.69, 9.17) is 8.83 Å². The van der Waals surface area contributed by atoms with Crippen molar-refractivity contribution in [1.29, 1.82) is 0 Å². The van der Waals surface area contributed by atoms with Gasteiger partial charge in [0, 0.05) is 42.4 Å². The second-order valence-corrected chi connectivity index (χ2v) is 10.0. The number of anilines is 1. The maximum Gasteiger partial charge on any atom is 0.319 e. The van der Waals surface area contributed by atoms with Gasteiger partial charge < -0.3 is 24.6 Å². The van der Waals surface area contributed by atoms with Crippen molar-refractivity contribution in [1.82, 2.24) is 20.2 Å². The Morgan fingerprint density at radius 1 is 1.10 bits per heavy atom. The Morgan fingerprint density at radius 2 is 1.77 bits per heavy atom. The predicted molar refractivity (Wildman–Crippen MR) is 144 cm³/mol. The van der Waals surface area contributed by atoms with Gasteiger partial charge in [0.1, 0.15) is 24.6 Å². The van der Waals surface area contributed by atoms with Crippen LogP contribution in [0.1, 0.15) is 31.7 Å². The van der Waals surface area contributed by atoms with E-state index in [1.807, 2.05) is 25.1 Å². The van der Waals surface area contributed by atoms with E-state index in [1.54, 1.807) is 24.5 Å². The molecule has 4 aromatic rings. The molecule has 204 valence electrons. The third-order valence-electron chi connectivity index (χ3n) is 6.90. The number of aromatic nitrogens is 2. The summed E-state index contributed by atoms with van der Waals surface area (Å²) in [6.07, 6.45) is 8.66. The van der Waals surface area contributed by atoms with Gasteiger partial charge in [-0.25, -0.2) is 19.2 Å². The lowest BCUT2D eigenvalue weighted by atomic mass is 9.91. The minimum absolute atomic E-state index is 0.234. The van der Waals surface area contributed by atoms with Gasteiger partial charge in [0.05, 0.1) is 12.4 Å². The number of oxazole rings is 2. The molecule has 39 heavy (non-hydrogen) atoms. The van der Waals surface area contributed by atoms with Crippen molar-refractivity contribution in [3.05, 3.63) is 78.8 Å². The van der Waals surface area contributed by atoms with Crippen LogP contribution in [0.4, 0.5) is 14.9 Å². The number of amides is 2. The molecule has 0 spiro atoms. The highest BCUT2D eigenvalue weighted by Crippen LogP contribution is 2.29. The summed E-state index contributed by atoms with van der Waals surface area (Å²) < 4.78 is 24.1. The number of benzene rings is 2. The Morgan fingerprint density at radius 3 is 2.38 bits per heavy atom. The molecular formula is C29H32FN5O4. The van der Waals surface area contributed by atoms with Crippen molar-refractivity contribution in [3.8, 4) is 22.9 Å². The summed E-state index contributed by atoms with van der Waals surface area (Å²) >= 11 is 0. The molecule has 10 heteroatoms. The van der Waals surface area contributed by atoms with E-state index in [-0.39, 0.29) is 11.9 Å². The molecule has 0 unspecified atom stereocenters. The topological polar surface area (TPSA) is 117 Å². The first-order valence-corrected chi connectivity index (χ1v) is 13.1.